The molecular formula is CH3N2O2SSe-. The van der Waals surface area contributed by atoms with Gasteiger partial charge in [0.2, 0.25) is 0 Å². The number of carbonyl (C=O) groups is 1. The van der Waals surface area contributed by atoms with Crippen molar-refractivity contribution in [3.63, 3.8) is 0 Å². The zero-order valence-electron chi connectivity index (χ0n) is 3.21. The van der Waals surface area contributed by atoms with Crippen molar-refractivity contribution in [2.75, 3.05) is 0 Å². The van der Waals surface area contributed by atoms with Crippen LogP contribution >= 0.6 is 0 Å². The maximum atomic E-state index is 9.90. The van der Waals surface area contributed by atoms with E-state index in [1.807, 2.05) is 4.72 Å². The Balaban J connectivity index is 3.53. The summed E-state index contributed by atoms with van der Waals surface area (Å²) in [6.07, 6.45) is 0. The van der Waals surface area contributed by atoms with E-state index in [-0.39, 0.29) is 0 Å². The second-order valence-corrected chi connectivity index (χ2v) is 3.28. The molecule has 0 aromatic rings. The zero-order chi connectivity index (χ0) is 5.86. The van der Waals surface area contributed by atoms with E-state index < -0.39 is 14.9 Å². The van der Waals surface area contributed by atoms with Crippen LogP contribution in [0.5, 0.6) is 0 Å². The first kappa shape index (κ1) is 6.94. The topological polar surface area (TPSA) is 72.2 Å². The number of nitrogens with two attached hydrogens (primary N) is 1. The molecule has 0 atom stereocenters. The summed E-state index contributed by atoms with van der Waals surface area (Å²) in [5.74, 6) is 0. The van der Waals surface area contributed by atoms with E-state index in [2.05, 4.69) is 20.1 Å². The number of amides is 2. The summed E-state index contributed by atoms with van der Waals surface area (Å²) in [6.45, 7) is 0. The third kappa shape index (κ3) is 5.94. The quantitative estimate of drug-likeness (QED) is 0.391. The molecule has 3 N–H and O–H groups in total. The van der Waals surface area contributed by atoms with Gasteiger partial charge in [-0.1, -0.05) is 0 Å². The molecule has 0 aliphatic heterocycles. The van der Waals surface area contributed by atoms with E-state index in [4.69, 9.17) is 0 Å². The summed E-state index contributed by atoms with van der Waals surface area (Å²) in [6, 6.07) is -0.794. The monoisotopic (exact) mass is 187 g/mol. The van der Waals surface area contributed by atoms with Crippen molar-refractivity contribution in [3.05, 3.63) is 0 Å². The summed E-state index contributed by atoms with van der Waals surface area (Å²) in [4.78, 5) is 9.71. The van der Waals surface area contributed by atoms with Gasteiger partial charge in [-0.05, 0) is 0 Å². The van der Waals surface area contributed by atoms with Gasteiger partial charge in [0.15, 0.2) is 0 Å². The molecule has 0 saturated heterocycles. The van der Waals surface area contributed by atoms with Crippen LogP contribution in [-0.4, -0.2) is 20.4 Å². The number of urea groups is 1. The van der Waals surface area contributed by atoms with Crippen LogP contribution < -0.4 is 10.5 Å². The van der Waals surface area contributed by atoms with Gasteiger partial charge in [-0.25, -0.2) is 0 Å². The first-order valence-corrected chi connectivity index (χ1v) is 4.45. The molecular weight excluding hydrogens is 183 g/mol. The van der Waals surface area contributed by atoms with Crippen molar-refractivity contribution >= 4 is 29.3 Å². The number of hydrogen-bond acceptors (Lipinski definition) is 3. The summed E-state index contributed by atoms with van der Waals surface area (Å²) >= 11 is 2.13. The van der Waals surface area contributed by atoms with E-state index in [0.29, 0.717) is 0 Å². The Morgan fingerprint density at radius 1 is 1.86 bits per heavy atom. The molecule has 42 valence electrons. The fraction of sp³-hybridized carbons (Fsp3) is 0. The van der Waals surface area contributed by atoms with E-state index >= 15 is 0 Å². The second kappa shape index (κ2) is 3.01. The van der Waals surface area contributed by atoms with Crippen molar-refractivity contribution in [1.29, 1.82) is 0 Å². The van der Waals surface area contributed by atoms with Crippen LogP contribution in [0, 0.1) is 0 Å². The zero-order valence-corrected chi connectivity index (χ0v) is 5.74. The Morgan fingerprint density at radius 3 is 2.29 bits per heavy atom. The van der Waals surface area contributed by atoms with Crippen LogP contribution in [0.15, 0.2) is 0 Å². The Labute approximate surface area is 49.3 Å². The van der Waals surface area contributed by atoms with Crippen LogP contribution in [0.3, 0.4) is 0 Å². The number of nitrogens with one attached hydrogen (secondary N) is 1. The second-order valence-electron chi connectivity index (χ2n) is 0.701. The molecule has 0 heterocycles. The molecule has 0 rings (SSSR count). The Hall–Kier alpha value is -0.0605. The van der Waals surface area contributed by atoms with Gasteiger partial charge in [0.1, 0.15) is 0 Å². The van der Waals surface area contributed by atoms with Crippen LogP contribution in [0.1, 0.15) is 0 Å². The average Bonchev–Trinajstić information content (AvgIpc) is 1.27. The molecule has 0 aromatic carbocycles. The van der Waals surface area contributed by atoms with Crippen molar-refractivity contribution in [3.8, 4) is 0 Å². The summed E-state index contributed by atoms with van der Waals surface area (Å²) in [7, 11) is -1.45. The van der Waals surface area contributed by atoms with Gasteiger partial charge in [-0.15, -0.1) is 0 Å². The van der Waals surface area contributed by atoms with Crippen LogP contribution in [0.4, 0.5) is 4.79 Å². The van der Waals surface area contributed by atoms with E-state index in [1.165, 1.54) is 0 Å². The third-order valence-corrected chi connectivity index (χ3v) is 1.08. The number of hydrogen-bond donors (Lipinski definition) is 2. The van der Waals surface area contributed by atoms with Gasteiger partial charge < -0.3 is 0 Å². The van der Waals surface area contributed by atoms with Crippen molar-refractivity contribution < 1.29 is 9.00 Å². The fourth-order valence-corrected chi connectivity index (χ4v) is 0.763. The van der Waals surface area contributed by atoms with Crippen LogP contribution in [0.25, 0.3) is 0 Å². The normalized spacial score (nSPS) is 8.71. The van der Waals surface area contributed by atoms with Gasteiger partial charge in [0.25, 0.3) is 0 Å². The van der Waals surface area contributed by atoms with Crippen LogP contribution in [0.2, 0.25) is 0 Å². The molecule has 0 saturated carbocycles. The molecule has 2 amide bonds. The molecule has 0 bridgehead atoms. The fourth-order valence-electron chi connectivity index (χ4n) is 0.0821. The van der Waals surface area contributed by atoms with E-state index in [9.17, 15) is 9.00 Å². The van der Waals surface area contributed by atoms with Gasteiger partial charge in [0, 0.05) is 0 Å². The summed E-state index contributed by atoms with van der Waals surface area (Å²) in [5.41, 5.74) is 4.53. The Morgan fingerprint density at radius 2 is 2.29 bits per heavy atom. The molecule has 0 aromatic heterocycles. The Bertz CT molecular complexity index is 133. The maximum absolute atomic E-state index is 9.90. The minimum atomic E-state index is -1.45. The van der Waals surface area contributed by atoms with Crippen molar-refractivity contribution in [2.24, 2.45) is 5.73 Å². The number of primary amides is 1. The summed E-state index contributed by atoms with van der Waals surface area (Å²) < 4.78 is 11.8. The molecule has 0 spiro atoms. The predicted octanol–water partition coefficient (Wildman–Crippen LogP) is -1.38. The molecule has 0 unspecified atom stereocenters. The van der Waals surface area contributed by atoms with E-state index in [0.717, 1.165) is 0 Å². The first-order valence-electron chi connectivity index (χ1n) is 1.28. The standard InChI is InChI=1S/CH3N2O2SSe/c2-1(4)3-6(5)7/h(H3,2,3,4,5,7)/q-1. The van der Waals surface area contributed by atoms with E-state index in [1.54, 1.807) is 0 Å². The minimum absolute atomic E-state index is 0.794. The summed E-state index contributed by atoms with van der Waals surface area (Å²) in [5, 5.41) is 0. The van der Waals surface area contributed by atoms with Crippen molar-refractivity contribution in [2.45, 2.75) is 0 Å². The Kier molecular flexibility index (Phi) is 2.98. The molecule has 7 heavy (non-hydrogen) atoms. The van der Waals surface area contributed by atoms with Crippen LogP contribution in [-0.2, 0) is 13.1 Å². The third-order valence-electron chi connectivity index (χ3n) is 0.184. The molecule has 0 radical (unpaired) electrons. The number of carbonyl (C=O) groups excluding carboxylic acids is 1. The predicted molar refractivity (Wildman–Crippen MR) is 26.5 cm³/mol. The molecule has 6 heteroatoms. The van der Waals surface area contributed by atoms with Gasteiger partial charge >= 0.3 is 48.8 Å². The molecule has 0 fully saturated rings. The van der Waals surface area contributed by atoms with Crippen molar-refractivity contribution in [1.82, 2.24) is 4.72 Å². The van der Waals surface area contributed by atoms with Gasteiger partial charge in [0.05, 0.1) is 0 Å². The molecule has 0 aliphatic carbocycles. The van der Waals surface area contributed by atoms with Gasteiger partial charge in [-0.3, -0.25) is 0 Å². The SMILES string of the molecule is NC(=O)N[S-](=O)=[Se]. The van der Waals surface area contributed by atoms with Gasteiger partial charge in [-0.2, -0.15) is 0 Å². The molecule has 4 nitrogen and oxygen atoms in total. The number of rotatable bonds is 1. The molecule has 0 aliphatic rings. The average molecular weight is 186 g/mol. The first-order chi connectivity index (χ1) is 3.13.